The van der Waals surface area contributed by atoms with E-state index in [1.54, 1.807) is 9.80 Å². The summed E-state index contributed by atoms with van der Waals surface area (Å²) in [5.41, 5.74) is 4.04. The summed E-state index contributed by atoms with van der Waals surface area (Å²) in [6, 6.07) is 47.4. The summed E-state index contributed by atoms with van der Waals surface area (Å²) in [6.45, 7) is 0. The van der Waals surface area contributed by atoms with Crippen LogP contribution in [0.3, 0.4) is 0 Å². The van der Waals surface area contributed by atoms with Crippen LogP contribution in [-0.2, 0) is 9.59 Å². The van der Waals surface area contributed by atoms with E-state index in [1.807, 2.05) is 14.1 Å². The van der Waals surface area contributed by atoms with Crippen LogP contribution in [0, 0.1) is 0 Å². The van der Waals surface area contributed by atoms with Crippen LogP contribution >= 0.6 is 0 Å². The fourth-order valence-electron chi connectivity index (χ4n) is 9.86. The van der Waals surface area contributed by atoms with E-state index in [9.17, 15) is 9.59 Å². The van der Waals surface area contributed by atoms with Gasteiger partial charge in [0.1, 0.15) is 0 Å². The Bertz CT molecular complexity index is 3040. The van der Waals surface area contributed by atoms with Crippen molar-refractivity contribution in [3.8, 4) is 0 Å². The Kier molecular flexibility index (Phi) is 5.11. The van der Waals surface area contributed by atoms with Crippen LogP contribution in [0.5, 0.6) is 0 Å². The number of benzene rings is 10. The number of carbonyl (C=O) groups is 2. The second-order valence-electron chi connectivity index (χ2n) is 14.4. The molecule has 52 heavy (non-hydrogen) atoms. The van der Waals surface area contributed by atoms with Gasteiger partial charge in [-0.25, -0.2) is 0 Å². The van der Waals surface area contributed by atoms with Crippen molar-refractivity contribution in [3.05, 3.63) is 156 Å². The molecule has 10 aromatic carbocycles. The van der Waals surface area contributed by atoms with Gasteiger partial charge >= 0.3 is 0 Å². The Morgan fingerprint density at radius 3 is 0.981 bits per heavy atom. The number of nitrogens with zero attached hydrogens (tertiary/aromatic N) is 2. The van der Waals surface area contributed by atoms with E-state index in [-0.39, 0.29) is 11.8 Å². The lowest BCUT2D eigenvalue weighted by atomic mass is 9.87. The first kappa shape index (κ1) is 28.0. The highest BCUT2D eigenvalue weighted by molar-refractivity contribution is 6.37. The molecular weight excluding hydrogens is 637 g/mol. The van der Waals surface area contributed by atoms with Crippen molar-refractivity contribution in [2.75, 3.05) is 14.1 Å². The average Bonchev–Trinajstić information content (AvgIpc) is 3.59. The molecule has 0 N–H and O–H groups in total. The molecule has 4 heteroatoms. The summed E-state index contributed by atoms with van der Waals surface area (Å²) in [4.78, 5) is 32.5. The van der Waals surface area contributed by atoms with Crippen LogP contribution in [0.4, 0.5) is 0 Å². The van der Waals surface area contributed by atoms with E-state index < -0.39 is 0 Å². The average molecular weight is 665 g/mol. The van der Waals surface area contributed by atoms with Gasteiger partial charge in [-0.3, -0.25) is 9.59 Å². The summed E-state index contributed by atoms with van der Waals surface area (Å²) in [7, 11) is 3.61. The zero-order valence-electron chi connectivity index (χ0n) is 28.4. The zero-order chi connectivity index (χ0) is 34.6. The highest BCUT2D eigenvalue weighted by atomic mass is 16.2. The molecule has 2 aliphatic rings. The van der Waals surface area contributed by atoms with E-state index >= 15 is 0 Å². The molecule has 242 valence electrons. The first-order valence-electron chi connectivity index (χ1n) is 17.7. The van der Waals surface area contributed by atoms with Crippen LogP contribution < -0.4 is 0 Å². The molecule has 0 aliphatic carbocycles. The van der Waals surface area contributed by atoms with Gasteiger partial charge in [0.2, 0.25) is 0 Å². The lowest BCUT2D eigenvalue weighted by Gasteiger charge is -2.23. The topological polar surface area (TPSA) is 40.6 Å². The Morgan fingerprint density at radius 1 is 0.327 bits per heavy atom. The molecule has 12 rings (SSSR count). The van der Waals surface area contributed by atoms with Crippen molar-refractivity contribution < 1.29 is 9.59 Å². The predicted molar refractivity (Wildman–Crippen MR) is 215 cm³/mol. The van der Waals surface area contributed by atoms with E-state index in [4.69, 9.17) is 0 Å². The lowest BCUT2D eigenvalue weighted by molar-refractivity contribution is -0.123. The van der Waals surface area contributed by atoms with Gasteiger partial charge in [0, 0.05) is 25.2 Å². The predicted octanol–water partition coefficient (Wildman–Crippen LogP) is 10.9. The van der Waals surface area contributed by atoms with Crippen molar-refractivity contribution in [1.82, 2.24) is 9.80 Å². The van der Waals surface area contributed by atoms with Crippen molar-refractivity contribution in [3.63, 3.8) is 0 Å². The third-order valence-corrected chi connectivity index (χ3v) is 12.0. The van der Waals surface area contributed by atoms with Crippen LogP contribution in [-0.4, -0.2) is 35.7 Å². The second-order valence-corrected chi connectivity index (χ2v) is 14.4. The van der Waals surface area contributed by atoms with Gasteiger partial charge < -0.3 is 9.80 Å². The number of hydrogen-bond donors (Lipinski definition) is 0. The van der Waals surface area contributed by atoms with Crippen molar-refractivity contribution in [2.45, 2.75) is 0 Å². The fraction of sp³-hybridized carbons (Fsp3) is 0.0417. The number of likely N-dealkylation sites (N-methyl/N-ethyl adjacent to an activating group) is 2. The normalized spacial score (nSPS) is 15.3. The van der Waals surface area contributed by atoms with Crippen molar-refractivity contribution in [2.24, 2.45) is 0 Å². The zero-order valence-corrected chi connectivity index (χ0v) is 28.4. The van der Waals surface area contributed by atoms with Crippen LogP contribution in [0.2, 0.25) is 0 Å². The molecule has 0 saturated carbocycles. The molecule has 0 aromatic heterocycles. The number of rotatable bonds is 2. The van der Waals surface area contributed by atoms with Crippen molar-refractivity contribution in [1.29, 1.82) is 0 Å². The molecule has 0 saturated heterocycles. The summed E-state index contributed by atoms with van der Waals surface area (Å²) >= 11 is 0. The number of carbonyl (C=O) groups excluding carboxylic acids is 2. The molecule has 0 fully saturated rings. The smallest absolute Gasteiger partial charge is 0.261 e. The molecule has 0 spiro atoms. The molecule has 0 unspecified atom stereocenters. The minimum absolute atomic E-state index is 0.163. The Labute approximate surface area is 297 Å². The van der Waals surface area contributed by atoms with Gasteiger partial charge in [-0.2, -0.15) is 0 Å². The Balaban J connectivity index is 1.16. The second kappa shape index (κ2) is 9.51. The van der Waals surface area contributed by atoms with E-state index in [1.165, 1.54) is 64.6 Å². The summed E-state index contributed by atoms with van der Waals surface area (Å²) in [5.74, 6) is -0.326. The quantitative estimate of drug-likeness (QED) is 0.136. The van der Waals surface area contributed by atoms with Crippen LogP contribution in [0.25, 0.3) is 97.6 Å². The summed E-state index contributed by atoms with van der Waals surface area (Å²) in [6.07, 6.45) is 0. The van der Waals surface area contributed by atoms with Gasteiger partial charge in [-0.1, -0.05) is 133 Å². The third-order valence-electron chi connectivity index (χ3n) is 12.0. The molecule has 4 nitrogen and oxygen atoms in total. The minimum Gasteiger partial charge on any atom is -0.310 e. The number of amides is 2. The third kappa shape index (κ3) is 3.20. The van der Waals surface area contributed by atoms with Gasteiger partial charge in [0.05, 0.1) is 22.5 Å². The highest BCUT2D eigenvalue weighted by Gasteiger charge is 2.47. The monoisotopic (exact) mass is 664 g/mol. The SMILES string of the molecule is CN1C(=O)C2=C(c3ccc4c5cccc6cccc(c7cccc3c74)c65)N(C)C(=O)C2=C1c1ccc2c3cccc4cccc(c5cccc1c52)c43. The van der Waals surface area contributed by atoms with Gasteiger partial charge in [-0.05, 0) is 86.2 Å². The van der Waals surface area contributed by atoms with E-state index in [2.05, 4.69) is 133 Å². The maximum absolute atomic E-state index is 14.5. The lowest BCUT2D eigenvalue weighted by Crippen LogP contribution is -2.25. The fourth-order valence-corrected chi connectivity index (χ4v) is 9.86. The van der Waals surface area contributed by atoms with Crippen molar-refractivity contribution >= 4 is 109 Å². The van der Waals surface area contributed by atoms with E-state index in [0.29, 0.717) is 22.5 Å². The first-order chi connectivity index (χ1) is 25.5. The molecule has 10 aromatic rings. The van der Waals surface area contributed by atoms with Crippen LogP contribution in [0.15, 0.2) is 145 Å². The Morgan fingerprint density at radius 2 is 0.615 bits per heavy atom. The largest absolute Gasteiger partial charge is 0.310 e. The van der Waals surface area contributed by atoms with Gasteiger partial charge in [0.15, 0.2) is 0 Å². The molecule has 2 heterocycles. The highest BCUT2D eigenvalue weighted by Crippen LogP contribution is 2.50. The summed E-state index contributed by atoms with van der Waals surface area (Å²) in [5, 5.41) is 18.8. The standard InChI is InChI=1S/C48H28N2O2/c1-49-45(37-23-21-35-29-15-5-11-25-9-3-13-27(39(25)29)31-17-7-19-33(37)41(31)35)43-44(47(49)51)46(50(2)48(43)52)38-24-22-36-30-16-6-12-26-10-4-14-28(40(26)30)32-18-8-20-34(38)42(32)36/h3-24H,1-2H3. The minimum atomic E-state index is -0.163. The Hall–Kier alpha value is -6.78. The van der Waals surface area contributed by atoms with E-state index in [0.717, 1.165) is 32.7 Å². The molecular formula is C48H28N2O2. The molecule has 0 bridgehead atoms. The van der Waals surface area contributed by atoms with Gasteiger partial charge in [-0.15, -0.1) is 0 Å². The van der Waals surface area contributed by atoms with Gasteiger partial charge in [0.25, 0.3) is 11.8 Å². The maximum Gasteiger partial charge on any atom is 0.261 e. The number of hydrogen-bond acceptors (Lipinski definition) is 2. The van der Waals surface area contributed by atoms with Crippen LogP contribution in [0.1, 0.15) is 11.1 Å². The molecule has 2 amide bonds. The molecule has 2 aliphatic heterocycles. The number of fused-ring (bicyclic) bond motifs is 5. The maximum atomic E-state index is 14.5. The molecule has 0 radical (unpaired) electrons. The molecule has 0 atom stereocenters. The first-order valence-corrected chi connectivity index (χ1v) is 17.7. The summed E-state index contributed by atoms with van der Waals surface area (Å²) < 4.78 is 0.